The number of rotatable bonds is 4. The Labute approximate surface area is 103 Å². The van der Waals surface area contributed by atoms with E-state index in [9.17, 15) is 4.79 Å². The summed E-state index contributed by atoms with van der Waals surface area (Å²) in [5.74, 6) is -0.185. The third-order valence-electron chi connectivity index (χ3n) is 1.83. The maximum atomic E-state index is 11.4. The number of hydrogen-bond acceptors (Lipinski definition) is 3. The second-order valence-corrected chi connectivity index (χ2v) is 4.50. The lowest BCUT2D eigenvalue weighted by Crippen LogP contribution is -2.20. The standard InChI is InChI=1S/C11H15BrN2O2/c1-7(2)16-6-11(15)14-8-3-4-9(12)10(13)5-8/h3-5,7H,6,13H2,1-2H3,(H,14,15). The van der Waals surface area contributed by atoms with Crippen molar-refractivity contribution in [2.75, 3.05) is 17.7 Å². The van der Waals surface area contributed by atoms with Crippen LogP contribution in [0.1, 0.15) is 13.8 Å². The average Bonchev–Trinajstić information content (AvgIpc) is 2.21. The van der Waals surface area contributed by atoms with Gasteiger partial charge in [-0.25, -0.2) is 0 Å². The van der Waals surface area contributed by atoms with Crippen LogP contribution in [0.15, 0.2) is 22.7 Å². The van der Waals surface area contributed by atoms with Crippen molar-refractivity contribution in [3.63, 3.8) is 0 Å². The van der Waals surface area contributed by atoms with Crippen LogP contribution in [0.5, 0.6) is 0 Å². The number of nitrogen functional groups attached to an aromatic ring is 1. The smallest absolute Gasteiger partial charge is 0.250 e. The molecule has 3 N–H and O–H groups in total. The highest BCUT2D eigenvalue weighted by Gasteiger charge is 2.05. The van der Waals surface area contributed by atoms with Gasteiger partial charge in [0.1, 0.15) is 6.61 Å². The van der Waals surface area contributed by atoms with Crippen molar-refractivity contribution < 1.29 is 9.53 Å². The van der Waals surface area contributed by atoms with Crippen molar-refractivity contribution >= 4 is 33.2 Å². The molecule has 0 radical (unpaired) electrons. The first-order chi connectivity index (χ1) is 7.49. The summed E-state index contributed by atoms with van der Waals surface area (Å²) >= 11 is 3.28. The third-order valence-corrected chi connectivity index (χ3v) is 2.55. The fourth-order valence-electron chi connectivity index (χ4n) is 1.06. The van der Waals surface area contributed by atoms with Gasteiger partial charge in [0.25, 0.3) is 0 Å². The Bertz CT molecular complexity index is 380. The van der Waals surface area contributed by atoms with Crippen molar-refractivity contribution in [2.45, 2.75) is 20.0 Å². The number of amides is 1. The molecule has 0 atom stereocenters. The topological polar surface area (TPSA) is 64.3 Å². The van der Waals surface area contributed by atoms with Crippen molar-refractivity contribution in [3.8, 4) is 0 Å². The SMILES string of the molecule is CC(C)OCC(=O)Nc1ccc(Br)c(N)c1. The van der Waals surface area contributed by atoms with Gasteiger partial charge in [-0.2, -0.15) is 0 Å². The number of hydrogen-bond donors (Lipinski definition) is 2. The van der Waals surface area contributed by atoms with E-state index >= 15 is 0 Å². The maximum Gasteiger partial charge on any atom is 0.250 e. The molecule has 0 aliphatic rings. The first-order valence-corrected chi connectivity index (χ1v) is 5.75. The summed E-state index contributed by atoms with van der Waals surface area (Å²) in [6.07, 6.45) is 0.0423. The van der Waals surface area contributed by atoms with E-state index in [0.717, 1.165) is 4.47 Å². The molecule has 5 heteroatoms. The summed E-state index contributed by atoms with van der Waals surface area (Å²) in [5.41, 5.74) is 6.94. The molecule has 0 bridgehead atoms. The molecule has 1 aromatic carbocycles. The molecule has 16 heavy (non-hydrogen) atoms. The Balaban J connectivity index is 2.53. The zero-order valence-electron chi connectivity index (χ0n) is 9.29. The van der Waals surface area contributed by atoms with E-state index in [1.165, 1.54) is 0 Å². The average molecular weight is 287 g/mol. The lowest BCUT2D eigenvalue weighted by molar-refractivity contribution is -0.121. The highest BCUT2D eigenvalue weighted by molar-refractivity contribution is 9.10. The molecule has 0 saturated heterocycles. The summed E-state index contributed by atoms with van der Waals surface area (Å²) in [6, 6.07) is 5.25. The van der Waals surface area contributed by atoms with E-state index in [4.69, 9.17) is 10.5 Å². The molecule has 4 nitrogen and oxygen atoms in total. The molecule has 0 aromatic heterocycles. The summed E-state index contributed by atoms with van der Waals surface area (Å²) < 4.78 is 5.99. The van der Waals surface area contributed by atoms with Crippen LogP contribution in [0.3, 0.4) is 0 Å². The molecular weight excluding hydrogens is 272 g/mol. The fourth-order valence-corrected chi connectivity index (χ4v) is 1.31. The zero-order valence-corrected chi connectivity index (χ0v) is 10.9. The molecule has 0 spiro atoms. The second kappa shape index (κ2) is 5.86. The number of anilines is 2. The van der Waals surface area contributed by atoms with Crippen molar-refractivity contribution in [1.82, 2.24) is 0 Å². The van der Waals surface area contributed by atoms with Gasteiger partial charge in [-0.1, -0.05) is 0 Å². The van der Waals surface area contributed by atoms with Gasteiger partial charge in [0, 0.05) is 15.8 Å². The molecule has 0 aliphatic carbocycles. The van der Waals surface area contributed by atoms with Gasteiger partial charge < -0.3 is 15.8 Å². The van der Waals surface area contributed by atoms with E-state index in [1.54, 1.807) is 18.2 Å². The van der Waals surface area contributed by atoms with Crippen LogP contribution in [0.25, 0.3) is 0 Å². The minimum atomic E-state index is -0.185. The first-order valence-electron chi connectivity index (χ1n) is 4.95. The Morgan fingerprint density at radius 2 is 2.25 bits per heavy atom. The first kappa shape index (κ1) is 13.0. The van der Waals surface area contributed by atoms with Crippen LogP contribution in [0, 0.1) is 0 Å². The van der Waals surface area contributed by atoms with Crippen molar-refractivity contribution in [1.29, 1.82) is 0 Å². The molecule has 1 aromatic rings. The highest BCUT2D eigenvalue weighted by Crippen LogP contribution is 2.22. The summed E-state index contributed by atoms with van der Waals surface area (Å²) in [6.45, 7) is 3.81. The number of carbonyl (C=O) groups is 1. The van der Waals surface area contributed by atoms with Crippen LogP contribution in [0.4, 0.5) is 11.4 Å². The quantitative estimate of drug-likeness (QED) is 0.836. The van der Waals surface area contributed by atoms with Gasteiger partial charge in [0.15, 0.2) is 0 Å². The minimum absolute atomic E-state index is 0.0423. The van der Waals surface area contributed by atoms with Crippen LogP contribution in [-0.2, 0) is 9.53 Å². The number of benzene rings is 1. The molecule has 88 valence electrons. The molecule has 0 fully saturated rings. The number of ether oxygens (including phenoxy) is 1. The molecule has 0 unspecified atom stereocenters. The number of nitrogens with one attached hydrogen (secondary N) is 1. The molecule has 1 rings (SSSR count). The third kappa shape index (κ3) is 4.20. The van der Waals surface area contributed by atoms with Gasteiger partial charge >= 0.3 is 0 Å². The van der Waals surface area contributed by atoms with E-state index in [-0.39, 0.29) is 18.6 Å². The van der Waals surface area contributed by atoms with Crippen molar-refractivity contribution in [2.24, 2.45) is 0 Å². The van der Waals surface area contributed by atoms with Gasteiger partial charge in [0.2, 0.25) is 5.91 Å². The Hall–Kier alpha value is -1.07. The largest absolute Gasteiger partial charge is 0.398 e. The van der Waals surface area contributed by atoms with Gasteiger partial charge in [-0.3, -0.25) is 4.79 Å². The van der Waals surface area contributed by atoms with Crippen LogP contribution < -0.4 is 11.1 Å². The fraction of sp³-hybridized carbons (Fsp3) is 0.364. The predicted molar refractivity (Wildman–Crippen MR) is 68.3 cm³/mol. The Kier molecular flexibility index (Phi) is 4.76. The molecule has 0 aliphatic heterocycles. The second-order valence-electron chi connectivity index (χ2n) is 3.64. The number of nitrogens with two attached hydrogens (primary N) is 1. The molecule has 0 heterocycles. The van der Waals surface area contributed by atoms with Crippen LogP contribution >= 0.6 is 15.9 Å². The molecule has 1 amide bonds. The molecule has 0 saturated carbocycles. The summed E-state index contributed by atoms with van der Waals surface area (Å²) in [7, 11) is 0. The molecular formula is C11H15BrN2O2. The van der Waals surface area contributed by atoms with Crippen molar-refractivity contribution in [3.05, 3.63) is 22.7 Å². The van der Waals surface area contributed by atoms with E-state index in [0.29, 0.717) is 11.4 Å². The summed E-state index contributed by atoms with van der Waals surface area (Å²) in [5, 5.41) is 2.70. The maximum absolute atomic E-state index is 11.4. The van der Waals surface area contributed by atoms with E-state index in [2.05, 4.69) is 21.2 Å². The lowest BCUT2D eigenvalue weighted by Gasteiger charge is -2.09. The van der Waals surface area contributed by atoms with Gasteiger partial charge in [-0.05, 0) is 48.0 Å². The normalized spacial score (nSPS) is 10.5. The van der Waals surface area contributed by atoms with Gasteiger partial charge in [-0.15, -0.1) is 0 Å². The number of carbonyl (C=O) groups excluding carboxylic acids is 1. The van der Waals surface area contributed by atoms with Gasteiger partial charge in [0.05, 0.1) is 6.10 Å². The zero-order chi connectivity index (χ0) is 12.1. The van der Waals surface area contributed by atoms with E-state index in [1.807, 2.05) is 13.8 Å². The lowest BCUT2D eigenvalue weighted by atomic mass is 10.3. The number of halogens is 1. The Morgan fingerprint density at radius 1 is 1.56 bits per heavy atom. The highest BCUT2D eigenvalue weighted by atomic mass is 79.9. The summed E-state index contributed by atoms with van der Waals surface area (Å²) in [4.78, 5) is 11.4. The van der Waals surface area contributed by atoms with Crippen LogP contribution in [-0.4, -0.2) is 18.6 Å². The van der Waals surface area contributed by atoms with E-state index < -0.39 is 0 Å². The predicted octanol–water partition coefficient (Wildman–Crippen LogP) is 2.39. The monoisotopic (exact) mass is 286 g/mol. The minimum Gasteiger partial charge on any atom is -0.398 e. The Morgan fingerprint density at radius 3 is 2.81 bits per heavy atom. The van der Waals surface area contributed by atoms with Crippen LogP contribution in [0.2, 0.25) is 0 Å².